The van der Waals surface area contributed by atoms with E-state index in [4.69, 9.17) is 23.2 Å². The van der Waals surface area contributed by atoms with Crippen LogP contribution in [-0.4, -0.2) is 39.6 Å². The van der Waals surface area contributed by atoms with Gasteiger partial charge in [-0.05, 0) is 42.8 Å². The number of benzene rings is 2. The number of nitrogens with zero attached hydrogens (tertiary/aromatic N) is 3. The van der Waals surface area contributed by atoms with Crippen LogP contribution < -0.4 is 5.32 Å². The van der Waals surface area contributed by atoms with Crippen molar-refractivity contribution in [2.45, 2.75) is 13.3 Å². The number of amides is 2. The number of carbonyl (C=O) groups excluding carboxylic acids is 2. The molecule has 0 saturated heterocycles. The Hall–Kier alpha value is -3.09. The van der Waals surface area contributed by atoms with Gasteiger partial charge in [0.05, 0.1) is 22.6 Å². The third-order valence-corrected chi connectivity index (χ3v) is 4.95. The molecule has 3 aromatic rings. The number of carbonyl (C=O) groups is 2. The van der Waals surface area contributed by atoms with Gasteiger partial charge in [-0.3, -0.25) is 9.59 Å². The van der Waals surface area contributed by atoms with E-state index < -0.39 is 0 Å². The van der Waals surface area contributed by atoms with E-state index in [-0.39, 0.29) is 18.4 Å². The van der Waals surface area contributed by atoms with Crippen molar-refractivity contribution in [2.24, 2.45) is 0 Å². The Morgan fingerprint density at radius 1 is 1.16 bits per heavy atom. The quantitative estimate of drug-likeness (QED) is 0.481. The van der Waals surface area contributed by atoms with Crippen LogP contribution in [0, 0.1) is 0 Å². The summed E-state index contributed by atoms with van der Waals surface area (Å²) in [5.74, 6) is -0.613. The summed E-state index contributed by atoms with van der Waals surface area (Å²) in [4.78, 5) is 26.6. The van der Waals surface area contributed by atoms with Gasteiger partial charge in [0.15, 0.2) is 0 Å². The molecule has 0 bridgehead atoms. The molecule has 0 spiro atoms. The van der Waals surface area contributed by atoms with Crippen molar-refractivity contribution < 1.29 is 9.59 Å². The lowest BCUT2D eigenvalue weighted by Crippen LogP contribution is -2.37. The van der Waals surface area contributed by atoms with Crippen LogP contribution in [0.3, 0.4) is 0 Å². The van der Waals surface area contributed by atoms with Gasteiger partial charge < -0.3 is 10.2 Å². The highest BCUT2D eigenvalue weighted by atomic mass is 35.5. The van der Waals surface area contributed by atoms with Crippen LogP contribution >= 0.6 is 23.2 Å². The van der Waals surface area contributed by atoms with E-state index in [1.807, 2.05) is 43.5 Å². The van der Waals surface area contributed by atoms with Gasteiger partial charge in [-0.25, -0.2) is 4.68 Å². The van der Waals surface area contributed by atoms with Gasteiger partial charge in [-0.1, -0.05) is 48.3 Å². The highest BCUT2D eigenvalue weighted by Crippen LogP contribution is 2.25. The summed E-state index contributed by atoms with van der Waals surface area (Å²) in [6.07, 6.45) is 7.35. The van der Waals surface area contributed by atoms with Crippen molar-refractivity contribution in [1.82, 2.24) is 14.7 Å². The minimum Gasteiger partial charge on any atom is -0.330 e. The van der Waals surface area contributed by atoms with Gasteiger partial charge in [0, 0.05) is 29.4 Å². The molecular weight excluding hydrogens is 435 g/mol. The largest absolute Gasteiger partial charge is 0.330 e. The molecule has 0 aliphatic rings. The van der Waals surface area contributed by atoms with Gasteiger partial charge >= 0.3 is 0 Å². The van der Waals surface area contributed by atoms with Crippen molar-refractivity contribution in [2.75, 3.05) is 18.4 Å². The lowest BCUT2D eigenvalue weighted by Gasteiger charge is -2.20. The second-order valence-corrected chi connectivity index (χ2v) is 7.66. The molecule has 0 radical (unpaired) electrons. The second-order valence-electron chi connectivity index (χ2n) is 6.82. The zero-order valence-corrected chi connectivity index (χ0v) is 18.5. The Kier molecular flexibility index (Phi) is 7.87. The number of hydrogen-bond acceptors (Lipinski definition) is 3. The molecule has 0 aliphatic heterocycles. The SMILES string of the molecule is CCCN(CC(=O)Nc1cc(Cl)ccc1Cl)C(=O)C=Cc1cnn(-c2ccccc2)c1. The van der Waals surface area contributed by atoms with E-state index in [1.165, 1.54) is 11.0 Å². The van der Waals surface area contributed by atoms with Crippen molar-refractivity contribution in [1.29, 1.82) is 0 Å². The molecule has 0 atom stereocenters. The van der Waals surface area contributed by atoms with Gasteiger partial charge in [-0.15, -0.1) is 0 Å². The number of aromatic nitrogens is 2. The van der Waals surface area contributed by atoms with Crippen LogP contribution in [0.4, 0.5) is 5.69 Å². The first-order chi connectivity index (χ1) is 15.0. The minimum absolute atomic E-state index is 0.0941. The number of anilines is 1. The Morgan fingerprint density at radius 2 is 1.94 bits per heavy atom. The summed E-state index contributed by atoms with van der Waals surface area (Å²) in [7, 11) is 0. The minimum atomic E-state index is -0.351. The Bertz CT molecular complexity index is 1080. The van der Waals surface area contributed by atoms with Gasteiger partial charge in [0.1, 0.15) is 6.54 Å². The van der Waals surface area contributed by atoms with Crippen LogP contribution in [0.5, 0.6) is 0 Å². The zero-order valence-electron chi connectivity index (χ0n) is 17.0. The summed E-state index contributed by atoms with van der Waals surface area (Å²) in [5, 5.41) is 7.85. The molecule has 160 valence electrons. The predicted molar refractivity (Wildman–Crippen MR) is 125 cm³/mol. The molecule has 0 unspecified atom stereocenters. The topological polar surface area (TPSA) is 67.2 Å². The molecule has 2 amide bonds. The summed E-state index contributed by atoms with van der Waals surface area (Å²) in [6, 6.07) is 14.5. The lowest BCUT2D eigenvalue weighted by molar-refractivity contribution is -0.130. The summed E-state index contributed by atoms with van der Waals surface area (Å²) >= 11 is 12.0. The zero-order chi connectivity index (χ0) is 22.2. The lowest BCUT2D eigenvalue weighted by atomic mass is 10.3. The molecule has 1 aromatic heterocycles. The monoisotopic (exact) mass is 456 g/mol. The first kappa shape index (κ1) is 22.6. The van der Waals surface area contributed by atoms with E-state index in [9.17, 15) is 9.59 Å². The number of para-hydroxylation sites is 1. The van der Waals surface area contributed by atoms with Crippen LogP contribution in [0.1, 0.15) is 18.9 Å². The van der Waals surface area contributed by atoms with Crippen LogP contribution in [0.15, 0.2) is 67.0 Å². The fourth-order valence-electron chi connectivity index (χ4n) is 2.91. The Morgan fingerprint density at radius 3 is 2.68 bits per heavy atom. The Balaban J connectivity index is 1.64. The van der Waals surface area contributed by atoms with Gasteiger partial charge in [0.2, 0.25) is 11.8 Å². The molecule has 0 fully saturated rings. The third-order valence-electron chi connectivity index (χ3n) is 4.38. The highest BCUT2D eigenvalue weighted by Gasteiger charge is 2.15. The molecule has 8 heteroatoms. The molecule has 31 heavy (non-hydrogen) atoms. The molecule has 1 N–H and O–H groups in total. The summed E-state index contributed by atoms with van der Waals surface area (Å²) in [6.45, 7) is 2.30. The predicted octanol–water partition coefficient (Wildman–Crippen LogP) is 5.07. The number of halogens is 2. The van der Waals surface area contributed by atoms with Crippen molar-refractivity contribution in [3.05, 3.63) is 82.6 Å². The fraction of sp³-hybridized carbons (Fsp3) is 0.174. The van der Waals surface area contributed by atoms with Gasteiger partial charge in [0.25, 0.3) is 0 Å². The summed E-state index contributed by atoms with van der Waals surface area (Å²) in [5.41, 5.74) is 2.12. The normalized spacial score (nSPS) is 10.9. The van der Waals surface area contributed by atoms with Crippen molar-refractivity contribution in [3.8, 4) is 5.69 Å². The highest BCUT2D eigenvalue weighted by molar-refractivity contribution is 6.35. The van der Waals surface area contributed by atoms with Crippen LogP contribution in [0.2, 0.25) is 10.0 Å². The maximum absolute atomic E-state index is 12.7. The number of nitrogens with one attached hydrogen (secondary N) is 1. The van der Waals surface area contributed by atoms with Crippen molar-refractivity contribution >= 4 is 46.8 Å². The Labute approximate surface area is 191 Å². The van der Waals surface area contributed by atoms with E-state index in [1.54, 1.807) is 35.2 Å². The summed E-state index contributed by atoms with van der Waals surface area (Å²) < 4.78 is 1.73. The molecular formula is C23H22Cl2N4O2. The van der Waals surface area contributed by atoms with E-state index in [0.29, 0.717) is 22.3 Å². The number of rotatable bonds is 8. The third kappa shape index (κ3) is 6.44. The average Bonchev–Trinajstić information content (AvgIpc) is 3.24. The van der Waals surface area contributed by atoms with E-state index >= 15 is 0 Å². The maximum atomic E-state index is 12.7. The fourth-order valence-corrected chi connectivity index (χ4v) is 3.25. The molecule has 3 rings (SSSR count). The molecule has 6 nitrogen and oxygen atoms in total. The average molecular weight is 457 g/mol. The molecule has 2 aromatic carbocycles. The standard InChI is InChI=1S/C23H22Cl2N4O2/c1-2-12-28(16-22(30)27-21-13-18(24)9-10-20(21)25)23(31)11-8-17-14-26-29(15-17)19-6-4-3-5-7-19/h3-11,13-15H,2,12,16H2,1H3,(H,27,30). The van der Waals surface area contributed by atoms with Gasteiger partial charge in [-0.2, -0.15) is 5.10 Å². The second kappa shape index (κ2) is 10.8. The van der Waals surface area contributed by atoms with E-state index in [0.717, 1.165) is 17.7 Å². The maximum Gasteiger partial charge on any atom is 0.247 e. The first-order valence-electron chi connectivity index (χ1n) is 9.78. The van der Waals surface area contributed by atoms with Crippen molar-refractivity contribution in [3.63, 3.8) is 0 Å². The molecule has 0 aliphatic carbocycles. The smallest absolute Gasteiger partial charge is 0.247 e. The van der Waals surface area contributed by atoms with Crippen LogP contribution in [-0.2, 0) is 9.59 Å². The van der Waals surface area contributed by atoms with E-state index in [2.05, 4.69) is 10.4 Å². The molecule has 1 heterocycles. The van der Waals surface area contributed by atoms with Crippen LogP contribution in [0.25, 0.3) is 11.8 Å². The molecule has 0 saturated carbocycles. The first-order valence-corrected chi connectivity index (χ1v) is 10.5. The number of hydrogen-bond donors (Lipinski definition) is 1.